The first-order valence-electron chi connectivity index (χ1n) is 8.12. The molecule has 0 radical (unpaired) electrons. The summed E-state index contributed by atoms with van der Waals surface area (Å²) >= 11 is 0. The lowest BCUT2D eigenvalue weighted by Crippen LogP contribution is -2.29. The molecule has 1 aliphatic heterocycles. The van der Waals surface area contributed by atoms with Gasteiger partial charge >= 0.3 is 0 Å². The molecule has 1 N–H and O–H groups in total. The maximum absolute atomic E-state index is 11.5. The summed E-state index contributed by atoms with van der Waals surface area (Å²) in [5, 5.41) is 2.50. The lowest BCUT2D eigenvalue weighted by Gasteiger charge is -2.04. The number of hydrogen-bond donors (Lipinski definition) is 1. The molecular weight excluding hydrogens is 238 g/mol. The Morgan fingerprint density at radius 2 is 0.737 bits per heavy atom. The van der Waals surface area contributed by atoms with Gasteiger partial charge in [0.05, 0.1) is 0 Å². The van der Waals surface area contributed by atoms with Crippen molar-refractivity contribution in [3.05, 3.63) is 0 Å². The largest absolute Gasteiger partial charge is 0.296 e. The average molecular weight is 267 g/mol. The van der Waals surface area contributed by atoms with Gasteiger partial charge in [-0.05, 0) is 12.8 Å². The van der Waals surface area contributed by atoms with Crippen LogP contribution in [0.2, 0.25) is 0 Å². The van der Waals surface area contributed by atoms with E-state index >= 15 is 0 Å². The third-order valence-corrected chi connectivity index (χ3v) is 3.84. The second-order valence-electron chi connectivity index (χ2n) is 5.71. The van der Waals surface area contributed by atoms with Crippen molar-refractivity contribution in [2.45, 2.75) is 89.9 Å². The molecule has 0 aromatic carbocycles. The molecule has 1 saturated heterocycles. The van der Waals surface area contributed by atoms with E-state index in [2.05, 4.69) is 5.32 Å². The molecule has 1 heterocycles. The highest BCUT2D eigenvalue weighted by molar-refractivity contribution is 5.95. The van der Waals surface area contributed by atoms with Gasteiger partial charge in [0.25, 0.3) is 0 Å². The van der Waals surface area contributed by atoms with Crippen molar-refractivity contribution in [3.63, 3.8) is 0 Å². The molecule has 3 nitrogen and oxygen atoms in total. The van der Waals surface area contributed by atoms with Crippen molar-refractivity contribution in [3.8, 4) is 0 Å². The number of amides is 2. The molecule has 1 rings (SSSR count). The second kappa shape index (κ2) is 11.0. The van der Waals surface area contributed by atoms with Crippen molar-refractivity contribution < 1.29 is 9.59 Å². The number of carbonyl (C=O) groups is 2. The number of imide groups is 1. The van der Waals surface area contributed by atoms with Gasteiger partial charge in [-0.15, -0.1) is 0 Å². The Bertz CT molecular complexity index is 237. The lowest BCUT2D eigenvalue weighted by atomic mass is 10.0. The van der Waals surface area contributed by atoms with E-state index in [1.807, 2.05) is 0 Å². The Labute approximate surface area is 117 Å². The monoisotopic (exact) mass is 267 g/mol. The van der Waals surface area contributed by atoms with E-state index in [1.165, 1.54) is 51.4 Å². The fourth-order valence-corrected chi connectivity index (χ4v) is 2.62. The summed E-state index contributed by atoms with van der Waals surface area (Å²) in [6, 6.07) is 0. The van der Waals surface area contributed by atoms with E-state index in [0.717, 1.165) is 25.7 Å². The SMILES string of the molecule is O=C1CCCCCCCCCCCCCCC(=O)N1. The first-order chi connectivity index (χ1) is 9.29. The molecule has 0 atom stereocenters. The minimum atomic E-state index is -0.0886. The maximum Gasteiger partial charge on any atom is 0.226 e. The highest BCUT2D eigenvalue weighted by atomic mass is 16.2. The lowest BCUT2D eigenvalue weighted by molar-refractivity contribution is -0.130. The summed E-state index contributed by atoms with van der Waals surface area (Å²) in [5.41, 5.74) is 0. The molecule has 0 bridgehead atoms. The van der Waals surface area contributed by atoms with Crippen molar-refractivity contribution in [1.82, 2.24) is 5.32 Å². The Balaban J connectivity index is 2.23. The van der Waals surface area contributed by atoms with Crippen LogP contribution in [0.3, 0.4) is 0 Å². The number of hydrogen-bond acceptors (Lipinski definition) is 2. The summed E-state index contributed by atoms with van der Waals surface area (Å²) in [6.07, 6.45) is 15.5. The molecule has 3 heteroatoms. The van der Waals surface area contributed by atoms with Crippen molar-refractivity contribution >= 4 is 11.8 Å². The smallest absolute Gasteiger partial charge is 0.226 e. The van der Waals surface area contributed by atoms with Crippen molar-refractivity contribution in [1.29, 1.82) is 0 Å². The molecule has 1 aliphatic rings. The minimum Gasteiger partial charge on any atom is -0.296 e. The minimum absolute atomic E-state index is 0.0886. The van der Waals surface area contributed by atoms with Gasteiger partial charge in [0.15, 0.2) is 0 Å². The van der Waals surface area contributed by atoms with Crippen molar-refractivity contribution in [2.75, 3.05) is 0 Å². The Morgan fingerprint density at radius 3 is 1.05 bits per heavy atom. The summed E-state index contributed by atoms with van der Waals surface area (Å²) in [7, 11) is 0. The zero-order valence-corrected chi connectivity index (χ0v) is 12.2. The van der Waals surface area contributed by atoms with E-state index in [1.54, 1.807) is 0 Å². The highest BCUT2D eigenvalue weighted by Gasteiger charge is 2.07. The van der Waals surface area contributed by atoms with Crippen LogP contribution in [0.4, 0.5) is 0 Å². The zero-order valence-electron chi connectivity index (χ0n) is 12.2. The second-order valence-corrected chi connectivity index (χ2v) is 5.71. The van der Waals surface area contributed by atoms with E-state index in [0.29, 0.717) is 12.8 Å². The summed E-state index contributed by atoms with van der Waals surface area (Å²) in [4.78, 5) is 23.0. The molecule has 0 unspecified atom stereocenters. The molecule has 2 amide bonds. The number of nitrogens with one attached hydrogen (secondary N) is 1. The van der Waals surface area contributed by atoms with Crippen LogP contribution in [0.5, 0.6) is 0 Å². The first-order valence-corrected chi connectivity index (χ1v) is 8.12. The Kier molecular flexibility index (Phi) is 9.38. The van der Waals surface area contributed by atoms with Gasteiger partial charge in [-0.25, -0.2) is 0 Å². The standard InChI is InChI=1S/C16H29NO2/c18-15-13-11-9-7-5-3-1-2-4-6-8-10-12-14-16(19)17-15/h1-14H2,(H,17,18,19). The van der Waals surface area contributed by atoms with E-state index in [9.17, 15) is 9.59 Å². The normalized spacial score (nSPS) is 22.5. The van der Waals surface area contributed by atoms with Crippen LogP contribution in [-0.4, -0.2) is 11.8 Å². The van der Waals surface area contributed by atoms with Gasteiger partial charge < -0.3 is 0 Å². The average Bonchev–Trinajstić information content (AvgIpc) is 2.38. The molecule has 0 aromatic rings. The molecule has 0 aliphatic carbocycles. The van der Waals surface area contributed by atoms with Gasteiger partial charge in [0.1, 0.15) is 0 Å². The first kappa shape index (κ1) is 16.2. The van der Waals surface area contributed by atoms with Gasteiger partial charge in [-0.2, -0.15) is 0 Å². The van der Waals surface area contributed by atoms with Gasteiger partial charge in [0.2, 0.25) is 11.8 Å². The third kappa shape index (κ3) is 9.69. The van der Waals surface area contributed by atoms with Gasteiger partial charge in [-0.3, -0.25) is 14.9 Å². The molecule has 0 saturated carbocycles. The molecular formula is C16H29NO2. The van der Waals surface area contributed by atoms with Crippen LogP contribution >= 0.6 is 0 Å². The summed E-state index contributed by atoms with van der Waals surface area (Å²) in [5.74, 6) is -0.177. The third-order valence-electron chi connectivity index (χ3n) is 3.84. The van der Waals surface area contributed by atoms with Gasteiger partial charge in [-0.1, -0.05) is 64.2 Å². The molecule has 0 spiro atoms. The number of carbonyl (C=O) groups excluding carboxylic acids is 2. The van der Waals surface area contributed by atoms with E-state index in [4.69, 9.17) is 0 Å². The van der Waals surface area contributed by atoms with Crippen molar-refractivity contribution in [2.24, 2.45) is 0 Å². The maximum atomic E-state index is 11.5. The van der Waals surface area contributed by atoms with E-state index < -0.39 is 0 Å². The fraction of sp³-hybridized carbons (Fsp3) is 0.875. The summed E-state index contributed by atoms with van der Waals surface area (Å²) < 4.78 is 0. The van der Waals surface area contributed by atoms with Crippen LogP contribution in [-0.2, 0) is 9.59 Å². The van der Waals surface area contributed by atoms with Crippen LogP contribution in [0.1, 0.15) is 89.9 Å². The fourth-order valence-electron chi connectivity index (χ4n) is 2.62. The van der Waals surface area contributed by atoms with E-state index in [-0.39, 0.29) is 11.8 Å². The highest BCUT2D eigenvalue weighted by Crippen LogP contribution is 2.13. The quantitative estimate of drug-likeness (QED) is 0.671. The van der Waals surface area contributed by atoms with Crippen LogP contribution < -0.4 is 5.32 Å². The topological polar surface area (TPSA) is 46.2 Å². The summed E-state index contributed by atoms with van der Waals surface area (Å²) in [6.45, 7) is 0. The van der Waals surface area contributed by atoms with Crippen LogP contribution in [0.25, 0.3) is 0 Å². The zero-order chi connectivity index (χ0) is 13.8. The predicted octanol–water partition coefficient (Wildman–Crippen LogP) is 4.10. The van der Waals surface area contributed by atoms with Gasteiger partial charge in [0, 0.05) is 12.8 Å². The van der Waals surface area contributed by atoms with Crippen LogP contribution in [0.15, 0.2) is 0 Å². The molecule has 110 valence electrons. The number of rotatable bonds is 0. The van der Waals surface area contributed by atoms with Crippen LogP contribution in [0, 0.1) is 0 Å². The molecule has 19 heavy (non-hydrogen) atoms. The predicted molar refractivity (Wildman–Crippen MR) is 77.8 cm³/mol. The Morgan fingerprint density at radius 1 is 0.474 bits per heavy atom. The Hall–Kier alpha value is -0.860. The molecule has 1 fully saturated rings. The molecule has 0 aromatic heterocycles.